The van der Waals surface area contributed by atoms with Gasteiger partial charge < -0.3 is 15.2 Å². The molecule has 4 heteroatoms. The normalized spacial score (nSPS) is 28.6. The summed E-state index contributed by atoms with van der Waals surface area (Å²) in [6.45, 7) is 1.27. The van der Waals surface area contributed by atoms with Crippen LogP contribution in [-0.2, 0) is 0 Å². The molecule has 0 aromatic heterocycles. The Bertz CT molecular complexity index is 408. The molecular formula is C12H16N2O2. The smallest absolute Gasteiger partial charge is 0.231 e. The number of ether oxygens (including phenoxy) is 2. The molecule has 2 aliphatic rings. The van der Waals surface area contributed by atoms with Crippen molar-refractivity contribution in [3.05, 3.63) is 23.8 Å². The average molecular weight is 220 g/mol. The van der Waals surface area contributed by atoms with Gasteiger partial charge in [-0.15, -0.1) is 0 Å². The summed E-state index contributed by atoms with van der Waals surface area (Å²) in [5.41, 5.74) is 7.18. The quantitative estimate of drug-likeness (QED) is 0.770. The molecule has 4 nitrogen and oxygen atoms in total. The molecule has 1 aromatic rings. The molecule has 2 unspecified atom stereocenters. The second-order valence-corrected chi connectivity index (χ2v) is 4.53. The monoisotopic (exact) mass is 220 g/mol. The van der Waals surface area contributed by atoms with Gasteiger partial charge in [0.1, 0.15) is 0 Å². The van der Waals surface area contributed by atoms with Gasteiger partial charge in [-0.05, 0) is 19.5 Å². The van der Waals surface area contributed by atoms with Crippen LogP contribution in [0.3, 0.4) is 0 Å². The maximum absolute atomic E-state index is 5.98. The van der Waals surface area contributed by atoms with Crippen LogP contribution in [0.5, 0.6) is 11.5 Å². The van der Waals surface area contributed by atoms with Crippen molar-refractivity contribution in [3.63, 3.8) is 0 Å². The number of fused-ring (bicyclic) bond motifs is 1. The van der Waals surface area contributed by atoms with Crippen molar-refractivity contribution in [3.8, 4) is 11.5 Å². The van der Waals surface area contributed by atoms with Crippen molar-refractivity contribution >= 4 is 0 Å². The number of para-hydroxylation sites is 1. The minimum atomic E-state index is 0.258. The number of hydrogen-bond donors (Lipinski definition) is 1. The molecule has 0 bridgehead atoms. The van der Waals surface area contributed by atoms with E-state index in [1.54, 1.807) is 0 Å². The molecular weight excluding hydrogens is 204 g/mol. The van der Waals surface area contributed by atoms with Gasteiger partial charge in [-0.25, -0.2) is 0 Å². The molecule has 16 heavy (non-hydrogen) atoms. The summed E-state index contributed by atoms with van der Waals surface area (Å²) < 4.78 is 10.9. The highest BCUT2D eigenvalue weighted by atomic mass is 16.7. The first-order chi connectivity index (χ1) is 7.75. The largest absolute Gasteiger partial charge is 0.454 e. The van der Waals surface area contributed by atoms with Crippen LogP contribution in [0.15, 0.2) is 18.2 Å². The second kappa shape index (κ2) is 3.64. The lowest BCUT2D eigenvalue weighted by Crippen LogP contribution is -2.24. The lowest BCUT2D eigenvalue weighted by Gasteiger charge is -2.20. The number of hydrogen-bond acceptors (Lipinski definition) is 4. The predicted octanol–water partition coefficient (Wildman–Crippen LogP) is 1.12. The minimum absolute atomic E-state index is 0.258. The maximum atomic E-state index is 5.98. The number of likely N-dealkylation sites (tertiary alicyclic amines) is 1. The molecule has 2 aliphatic heterocycles. The fourth-order valence-corrected chi connectivity index (χ4v) is 2.62. The van der Waals surface area contributed by atoms with Gasteiger partial charge in [0.05, 0.1) is 0 Å². The summed E-state index contributed by atoms with van der Waals surface area (Å²) in [5, 5.41) is 0. The van der Waals surface area contributed by atoms with Crippen molar-refractivity contribution < 1.29 is 9.47 Å². The summed E-state index contributed by atoms with van der Waals surface area (Å²) in [7, 11) is 2.10. The van der Waals surface area contributed by atoms with Crippen LogP contribution in [-0.4, -0.2) is 31.3 Å². The van der Waals surface area contributed by atoms with E-state index in [1.807, 2.05) is 12.1 Å². The van der Waals surface area contributed by atoms with Gasteiger partial charge >= 0.3 is 0 Å². The number of likely N-dealkylation sites (N-methyl/N-ethyl adjacent to an activating group) is 1. The molecule has 2 heterocycles. The van der Waals surface area contributed by atoms with E-state index in [-0.39, 0.29) is 6.04 Å². The van der Waals surface area contributed by atoms with Gasteiger partial charge in [0.15, 0.2) is 11.5 Å². The van der Waals surface area contributed by atoms with E-state index < -0.39 is 0 Å². The van der Waals surface area contributed by atoms with Gasteiger partial charge in [0, 0.05) is 24.2 Å². The van der Waals surface area contributed by atoms with Crippen molar-refractivity contribution in [2.24, 2.45) is 5.73 Å². The van der Waals surface area contributed by atoms with E-state index in [4.69, 9.17) is 15.2 Å². The Hall–Kier alpha value is -1.26. The topological polar surface area (TPSA) is 47.7 Å². The molecule has 0 amide bonds. The summed E-state index contributed by atoms with van der Waals surface area (Å²) >= 11 is 0. The number of nitrogens with zero attached hydrogens (tertiary/aromatic N) is 1. The van der Waals surface area contributed by atoms with E-state index in [2.05, 4.69) is 18.0 Å². The third-order valence-corrected chi connectivity index (χ3v) is 3.37. The Labute approximate surface area is 94.9 Å². The highest BCUT2D eigenvalue weighted by Crippen LogP contribution is 2.42. The van der Waals surface area contributed by atoms with E-state index in [0.717, 1.165) is 24.5 Å². The standard InChI is InChI=1S/C12H16N2O2/c1-14-6-8(13)5-10(14)9-3-2-4-11-12(9)16-7-15-11/h2-4,8,10H,5-7,13H2,1H3. The first kappa shape index (κ1) is 9.93. The fraction of sp³-hybridized carbons (Fsp3) is 0.500. The van der Waals surface area contributed by atoms with Crippen LogP contribution in [0.4, 0.5) is 0 Å². The fourth-order valence-electron chi connectivity index (χ4n) is 2.62. The SMILES string of the molecule is CN1CC(N)CC1c1cccc2c1OCO2. The first-order valence-corrected chi connectivity index (χ1v) is 5.60. The maximum Gasteiger partial charge on any atom is 0.231 e. The van der Waals surface area contributed by atoms with Crippen LogP contribution in [0, 0.1) is 0 Å². The predicted molar refractivity (Wildman–Crippen MR) is 60.5 cm³/mol. The van der Waals surface area contributed by atoms with E-state index in [9.17, 15) is 0 Å². The van der Waals surface area contributed by atoms with Crippen LogP contribution >= 0.6 is 0 Å². The van der Waals surface area contributed by atoms with Crippen LogP contribution in [0.25, 0.3) is 0 Å². The Morgan fingerprint density at radius 3 is 3.00 bits per heavy atom. The molecule has 2 N–H and O–H groups in total. The lowest BCUT2D eigenvalue weighted by atomic mass is 10.0. The van der Waals surface area contributed by atoms with Gasteiger partial charge in [-0.2, -0.15) is 0 Å². The summed E-state index contributed by atoms with van der Waals surface area (Å²) in [4.78, 5) is 2.28. The zero-order valence-electron chi connectivity index (χ0n) is 9.35. The van der Waals surface area contributed by atoms with Gasteiger partial charge in [-0.1, -0.05) is 12.1 Å². The van der Waals surface area contributed by atoms with E-state index in [0.29, 0.717) is 12.8 Å². The Morgan fingerprint density at radius 1 is 1.38 bits per heavy atom. The molecule has 0 spiro atoms. The summed E-state index contributed by atoms with van der Waals surface area (Å²) in [6.07, 6.45) is 0.982. The lowest BCUT2D eigenvalue weighted by molar-refractivity contribution is 0.171. The minimum Gasteiger partial charge on any atom is -0.454 e. The zero-order valence-corrected chi connectivity index (χ0v) is 9.35. The molecule has 86 valence electrons. The Kier molecular flexibility index (Phi) is 2.26. The third kappa shape index (κ3) is 1.45. The van der Waals surface area contributed by atoms with Crippen molar-refractivity contribution in [2.45, 2.75) is 18.5 Å². The molecule has 0 radical (unpaired) electrons. The van der Waals surface area contributed by atoms with Crippen LogP contribution in [0.2, 0.25) is 0 Å². The van der Waals surface area contributed by atoms with Crippen LogP contribution in [0.1, 0.15) is 18.0 Å². The summed E-state index contributed by atoms with van der Waals surface area (Å²) in [5.74, 6) is 1.75. The Morgan fingerprint density at radius 2 is 2.25 bits per heavy atom. The highest BCUT2D eigenvalue weighted by molar-refractivity contribution is 5.49. The molecule has 0 aliphatic carbocycles. The molecule has 1 aromatic carbocycles. The van der Waals surface area contributed by atoms with Gasteiger partial charge in [-0.3, -0.25) is 4.90 Å². The molecule has 0 saturated carbocycles. The summed E-state index contributed by atoms with van der Waals surface area (Å²) in [6, 6.07) is 6.67. The Balaban J connectivity index is 1.98. The first-order valence-electron chi connectivity index (χ1n) is 5.60. The third-order valence-electron chi connectivity index (χ3n) is 3.37. The van der Waals surface area contributed by atoms with Gasteiger partial charge in [0.2, 0.25) is 6.79 Å². The zero-order chi connectivity index (χ0) is 11.1. The highest BCUT2D eigenvalue weighted by Gasteiger charge is 2.32. The average Bonchev–Trinajstić information content (AvgIpc) is 2.84. The second-order valence-electron chi connectivity index (χ2n) is 4.53. The molecule has 3 rings (SSSR count). The van der Waals surface area contributed by atoms with Gasteiger partial charge in [0.25, 0.3) is 0 Å². The number of nitrogens with two attached hydrogens (primary N) is 1. The van der Waals surface area contributed by atoms with Crippen molar-refractivity contribution in [1.82, 2.24) is 4.90 Å². The van der Waals surface area contributed by atoms with Crippen molar-refractivity contribution in [1.29, 1.82) is 0 Å². The molecule has 1 saturated heterocycles. The van der Waals surface area contributed by atoms with E-state index in [1.165, 1.54) is 5.56 Å². The number of benzene rings is 1. The molecule has 1 fully saturated rings. The van der Waals surface area contributed by atoms with E-state index >= 15 is 0 Å². The molecule has 2 atom stereocenters. The van der Waals surface area contributed by atoms with Crippen molar-refractivity contribution in [2.75, 3.05) is 20.4 Å². The number of rotatable bonds is 1. The van der Waals surface area contributed by atoms with Crippen LogP contribution < -0.4 is 15.2 Å².